The van der Waals surface area contributed by atoms with E-state index in [4.69, 9.17) is 4.74 Å². The summed E-state index contributed by atoms with van der Waals surface area (Å²) in [5, 5.41) is 3.49. The van der Waals surface area contributed by atoms with Gasteiger partial charge in [-0.25, -0.2) is 0 Å². The molecule has 1 aliphatic heterocycles. The van der Waals surface area contributed by atoms with E-state index in [2.05, 4.69) is 41.2 Å². The first-order valence-corrected chi connectivity index (χ1v) is 7.46. The summed E-state index contributed by atoms with van der Waals surface area (Å²) in [4.78, 5) is 0. The molecule has 2 rings (SSSR count). The molecule has 0 radical (unpaired) electrons. The summed E-state index contributed by atoms with van der Waals surface area (Å²) >= 11 is 3.65. The van der Waals surface area contributed by atoms with Crippen LogP contribution in [0.2, 0.25) is 0 Å². The van der Waals surface area contributed by atoms with Crippen molar-refractivity contribution in [2.75, 3.05) is 20.2 Å². The average Bonchev–Trinajstić information content (AvgIpc) is 2.37. The first kappa shape index (κ1) is 13.9. The first-order chi connectivity index (χ1) is 8.63. The van der Waals surface area contributed by atoms with Crippen molar-refractivity contribution in [3.63, 3.8) is 0 Å². The number of piperidine rings is 1. The van der Waals surface area contributed by atoms with Crippen molar-refractivity contribution in [1.29, 1.82) is 0 Å². The number of halogens is 1. The number of methoxy groups -OCH3 is 1. The van der Waals surface area contributed by atoms with Gasteiger partial charge in [0.15, 0.2) is 0 Å². The molecule has 3 heteroatoms. The molecule has 1 fully saturated rings. The van der Waals surface area contributed by atoms with E-state index in [0.717, 1.165) is 24.6 Å². The lowest BCUT2D eigenvalue weighted by Crippen LogP contribution is -2.31. The predicted molar refractivity (Wildman–Crippen MR) is 79.5 cm³/mol. The van der Waals surface area contributed by atoms with Gasteiger partial charge in [0.1, 0.15) is 5.75 Å². The molecule has 0 spiro atoms. The van der Waals surface area contributed by atoms with E-state index < -0.39 is 0 Å². The fourth-order valence-electron chi connectivity index (χ4n) is 2.83. The number of nitrogens with one attached hydrogen (secondary N) is 1. The zero-order valence-corrected chi connectivity index (χ0v) is 13.1. The highest BCUT2D eigenvalue weighted by Gasteiger charge is 2.19. The minimum atomic E-state index is 0.736. The Morgan fingerprint density at radius 1 is 1.44 bits per heavy atom. The van der Waals surface area contributed by atoms with E-state index >= 15 is 0 Å². The van der Waals surface area contributed by atoms with Gasteiger partial charge in [-0.2, -0.15) is 0 Å². The Balaban J connectivity index is 2.29. The lowest BCUT2D eigenvalue weighted by Gasteiger charge is -2.25. The maximum absolute atomic E-state index is 5.61. The molecular weight excluding hydrogens is 290 g/mol. The van der Waals surface area contributed by atoms with Crippen LogP contribution in [0.15, 0.2) is 10.5 Å². The molecule has 1 saturated heterocycles. The third kappa shape index (κ3) is 2.89. The average molecular weight is 312 g/mol. The molecule has 0 aromatic heterocycles. The van der Waals surface area contributed by atoms with Crippen molar-refractivity contribution in [2.24, 2.45) is 5.92 Å². The van der Waals surface area contributed by atoms with Crippen molar-refractivity contribution in [3.8, 4) is 5.75 Å². The maximum Gasteiger partial charge on any atom is 0.125 e. The highest BCUT2D eigenvalue weighted by Crippen LogP contribution is 2.34. The highest BCUT2D eigenvalue weighted by molar-refractivity contribution is 9.10. The quantitative estimate of drug-likeness (QED) is 0.920. The second-order valence-electron chi connectivity index (χ2n) is 5.23. The molecule has 0 bridgehead atoms. The van der Waals surface area contributed by atoms with Crippen LogP contribution in [-0.2, 0) is 6.42 Å². The molecule has 2 nitrogen and oxygen atoms in total. The second kappa shape index (κ2) is 6.07. The molecule has 0 amide bonds. The van der Waals surface area contributed by atoms with Gasteiger partial charge in [0.05, 0.1) is 7.11 Å². The van der Waals surface area contributed by atoms with Crippen molar-refractivity contribution in [2.45, 2.75) is 33.1 Å². The van der Waals surface area contributed by atoms with Crippen LogP contribution in [0.4, 0.5) is 0 Å². The van der Waals surface area contributed by atoms with Crippen LogP contribution in [0.25, 0.3) is 0 Å². The van der Waals surface area contributed by atoms with E-state index in [-0.39, 0.29) is 0 Å². The standard InChI is InChI=1S/C15H22BrNO/c1-10-7-14(16)11(2)13(15(10)18-3)8-12-5-4-6-17-9-12/h7,12,17H,4-6,8-9H2,1-3H3. The minimum Gasteiger partial charge on any atom is -0.496 e. The summed E-state index contributed by atoms with van der Waals surface area (Å²) in [7, 11) is 1.78. The molecule has 18 heavy (non-hydrogen) atoms. The Morgan fingerprint density at radius 3 is 2.83 bits per heavy atom. The molecule has 1 unspecified atom stereocenters. The van der Waals surface area contributed by atoms with Gasteiger partial charge < -0.3 is 10.1 Å². The van der Waals surface area contributed by atoms with E-state index in [1.54, 1.807) is 7.11 Å². The third-order valence-corrected chi connectivity index (χ3v) is 4.71. The van der Waals surface area contributed by atoms with E-state index in [1.165, 1.54) is 40.5 Å². The maximum atomic E-state index is 5.61. The smallest absolute Gasteiger partial charge is 0.125 e. The molecule has 1 atom stereocenters. The largest absolute Gasteiger partial charge is 0.496 e. The predicted octanol–water partition coefficient (Wildman–Crippen LogP) is 3.62. The zero-order chi connectivity index (χ0) is 13.1. The van der Waals surface area contributed by atoms with Gasteiger partial charge >= 0.3 is 0 Å². The summed E-state index contributed by atoms with van der Waals surface area (Å²) in [5.74, 6) is 1.81. The zero-order valence-electron chi connectivity index (χ0n) is 11.5. The van der Waals surface area contributed by atoms with Crippen LogP contribution in [0.5, 0.6) is 5.75 Å². The normalized spacial score (nSPS) is 19.9. The first-order valence-electron chi connectivity index (χ1n) is 6.66. The number of rotatable bonds is 3. The monoisotopic (exact) mass is 311 g/mol. The lowest BCUT2D eigenvalue weighted by molar-refractivity contribution is 0.362. The van der Waals surface area contributed by atoms with Crippen LogP contribution >= 0.6 is 15.9 Å². The fourth-order valence-corrected chi connectivity index (χ4v) is 3.42. The van der Waals surface area contributed by atoms with Crippen LogP contribution in [0.1, 0.15) is 29.5 Å². The summed E-state index contributed by atoms with van der Waals surface area (Å²) in [5.41, 5.74) is 3.91. The Kier molecular flexibility index (Phi) is 4.68. The van der Waals surface area contributed by atoms with Crippen LogP contribution in [0, 0.1) is 19.8 Å². The van der Waals surface area contributed by atoms with Gasteiger partial charge in [0, 0.05) is 4.47 Å². The number of benzene rings is 1. The van der Waals surface area contributed by atoms with Crippen molar-refractivity contribution in [1.82, 2.24) is 5.32 Å². The Bertz CT molecular complexity index is 425. The van der Waals surface area contributed by atoms with Crippen LogP contribution < -0.4 is 10.1 Å². The second-order valence-corrected chi connectivity index (χ2v) is 6.08. The van der Waals surface area contributed by atoms with E-state index in [0.29, 0.717) is 0 Å². The van der Waals surface area contributed by atoms with Crippen molar-refractivity contribution >= 4 is 15.9 Å². The van der Waals surface area contributed by atoms with E-state index in [1.807, 2.05) is 0 Å². The summed E-state index contributed by atoms with van der Waals surface area (Å²) in [6.07, 6.45) is 3.72. The highest BCUT2D eigenvalue weighted by atomic mass is 79.9. The molecule has 1 aromatic carbocycles. The SMILES string of the molecule is COc1c(C)cc(Br)c(C)c1CC1CCCNC1. The van der Waals surface area contributed by atoms with Gasteiger partial charge in [-0.15, -0.1) is 0 Å². The van der Waals surface area contributed by atoms with Crippen LogP contribution in [0.3, 0.4) is 0 Å². The molecule has 1 heterocycles. The Morgan fingerprint density at radius 2 is 2.22 bits per heavy atom. The number of hydrogen-bond acceptors (Lipinski definition) is 2. The Hall–Kier alpha value is -0.540. The van der Waals surface area contributed by atoms with Crippen LogP contribution in [-0.4, -0.2) is 20.2 Å². The fraction of sp³-hybridized carbons (Fsp3) is 0.600. The molecule has 0 saturated carbocycles. The third-order valence-electron chi connectivity index (χ3n) is 3.88. The number of aryl methyl sites for hydroxylation is 1. The molecule has 1 aliphatic rings. The van der Waals surface area contributed by atoms with Gasteiger partial charge in [0.2, 0.25) is 0 Å². The minimum absolute atomic E-state index is 0.736. The van der Waals surface area contributed by atoms with Gasteiger partial charge in [-0.05, 0) is 74.9 Å². The Labute approximate surface area is 118 Å². The van der Waals surface area contributed by atoms with Gasteiger partial charge in [-0.1, -0.05) is 15.9 Å². The molecule has 1 aromatic rings. The van der Waals surface area contributed by atoms with Gasteiger partial charge in [0.25, 0.3) is 0 Å². The summed E-state index contributed by atoms with van der Waals surface area (Å²) in [6, 6.07) is 2.15. The molecular formula is C15H22BrNO. The summed E-state index contributed by atoms with van der Waals surface area (Å²) in [6.45, 7) is 6.60. The van der Waals surface area contributed by atoms with Gasteiger partial charge in [-0.3, -0.25) is 0 Å². The van der Waals surface area contributed by atoms with Crippen molar-refractivity contribution < 1.29 is 4.74 Å². The summed E-state index contributed by atoms with van der Waals surface area (Å²) < 4.78 is 6.81. The molecule has 1 N–H and O–H groups in total. The molecule has 0 aliphatic carbocycles. The topological polar surface area (TPSA) is 21.3 Å². The number of hydrogen-bond donors (Lipinski definition) is 1. The van der Waals surface area contributed by atoms with E-state index in [9.17, 15) is 0 Å². The molecule has 100 valence electrons. The lowest BCUT2D eigenvalue weighted by atomic mass is 9.89. The number of ether oxygens (including phenoxy) is 1. The van der Waals surface area contributed by atoms with Crippen molar-refractivity contribution in [3.05, 3.63) is 27.2 Å².